The van der Waals surface area contributed by atoms with Crippen LogP contribution in [0.4, 0.5) is 0 Å². The summed E-state index contributed by atoms with van der Waals surface area (Å²) in [5, 5.41) is 12.7. The van der Waals surface area contributed by atoms with Crippen LogP contribution in [0.1, 0.15) is 47.1 Å². The monoisotopic (exact) mass is 389 g/mol. The number of ketones is 1. The van der Waals surface area contributed by atoms with Crippen molar-refractivity contribution in [3.63, 3.8) is 0 Å². The number of rotatable bonds is 8. The lowest BCUT2D eigenvalue weighted by atomic mass is 9.97. The van der Waals surface area contributed by atoms with Gasteiger partial charge in [-0.2, -0.15) is 0 Å². The van der Waals surface area contributed by atoms with Crippen LogP contribution < -0.4 is 9.47 Å². The minimum Gasteiger partial charge on any atom is -0.493 e. The van der Waals surface area contributed by atoms with Gasteiger partial charge in [0.2, 0.25) is 0 Å². The van der Waals surface area contributed by atoms with Gasteiger partial charge < -0.3 is 14.6 Å². The van der Waals surface area contributed by atoms with Crippen molar-refractivity contribution < 1.29 is 19.4 Å². The number of nitrogens with zero attached hydrogens (tertiary/aromatic N) is 1. The highest BCUT2D eigenvalue weighted by Gasteiger charge is 2.28. The summed E-state index contributed by atoms with van der Waals surface area (Å²) in [7, 11) is 1.54. The average molecular weight is 390 g/mol. The molecule has 0 aliphatic carbocycles. The molecule has 1 N–H and O–H groups in total. The van der Waals surface area contributed by atoms with Crippen molar-refractivity contribution in [2.75, 3.05) is 26.8 Å². The molecule has 2 atom stereocenters. The number of Topliss-reactive ketones (excluding diaryl/α,β-unsaturated/α-hetero) is 1. The Balaban J connectivity index is 1.60. The first-order valence-corrected chi connectivity index (χ1v) is 10.2. The van der Waals surface area contributed by atoms with Crippen LogP contribution in [-0.4, -0.2) is 48.7 Å². The van der Waals surface area contributed by atoms with E-state index >= 15 is 0 Å². The molecule has 0 saturated heterocycles. The van der Waals surface area contributed by atoms with Crippen LogP contribution in [0.5, 0.6) is 11.5 Å². The summed E-state index contributed by atoms with van der Waals surface area (Å²) in [6.07, 6.45) is 1.46. The lowest BCUT2D eigenvalue weighted by Crippen LogP contribution is -2.41. The maximum Gasteiger partial charge on any atom is 0.161 e. The molecule has 0 fully saturated rings. The minimum atomic E-state index is -0.601. The number of ether oxygens (including phenoxy) is 2. The molecule has 2 aromatic rings. The highest BCUT2D eigenvalue weighted by Crippen LogP contribution is 2.35. The van der Waals surface area contributed by atoms with Gasteiger partial charge in [0, 0.05) is 29.6 Å². The van der Waals surface area contributed by atoms with Gasteiger partial charge in [0.05, 0.1) is 7.11 Å². The molecule has 0 saturated carbocycles. The van der Waals surface area contributed by atoms with E-state index in [1.807, 2.05) is 11.3 Å². The third kappa shape index (κ3) is 4.51. The number of hydrogen-bond donors (Lipinski definition) is 1. The van der Waals surface area contributed by atoms with E-state index in [1.165, 1.54) is 17.4 Å². The van der Waals surface area contributed by atoms with Crippen LogP contribution in [0, 0.1) is 0 Å². The maximum atomic E-state index is 11.5. The molecule has 27 heavy (non-hydrogen) atoms. The van der Waals surface area contributed by atoms with E-state index in [-0.39, 0.29) is 12.4 Å². The Morgan fingerprint density at radius 2 is 2.19 bits per heavy atom. The average Bonchev–Trinajstić information content (AvgIpc) is 3.14. The SMILES string of the molecule is CC[C@@H]1c2ccsc2CCN1C[C@H](O)COc1ccc(C(C)=O)cc1OC. The molecule has 0 unspecified atom stereocenters. The summed E-state index contributed by atoms with van der Waals surface area (Å²) in [5.74, 6) is 1.01. The number of aliphatic hydroxyl groups is 1. The second-order valence-corrected chi connectivity index (χ2v) is 7.86. The van der Waals surface area contributed by atoms with Gasteiger partial charge in [-0.25, -0.2) is 0 Å². The molecule has 146 valence electrons. The van der Waals surface area contributed by atoms with E-state index in [2.05, 4.69) is 23.3 Å². The Hall–Kier alpha value is -1.89. The first kappa shape index (κ1) is 19.9. The number of carbonyl (C=O) groups excluding carboxylic acids is 1. The fourth-order valence-electron chi connectivity index (χ4n) is 3.66. The van der Waals surface area contributed by atoms with Gasteiger partial charge in [0.1, 0.15) is 12.7 Å². The molecule has 2 heterocycles. The lowest BCUT2D eigenvalue weighted by Gasteiger charge is -2.36. The Kier molecular flexibility index (Phi) is 6.52. The van der Waals surface area contributed by atoms with Gasteiger partial charge in [-0.1, -0.05) is 6.92 Å². The Labute approximate surface area is 164 Å². The smallest absolute Gasteiger partial charge is 0.161 e. The van der Waals surface area contributed by atoms with Crippen molar-refractivity contribution in [1.82, 2.24) is 4.90 Å². The zero-order valence-electron chi connectivity index (χ0n) is 16.1. The largest absolute Gasteiger partial charge is 0.493 e. The third-order valence-corrected chi connectivity index (χ3v) is 6.04. The number of hydrogen-bond acceptors (Lipinski definition) is 6. The number of benzene rings is 1. The van der Waals surface area contributed by atoms with Crippen LogP contribution in [0.2, 0.25) is 0 Å². The van der Waals surface area contributed by atoms with Crippen LogP contribution >= 0.6 is 11.3 Å². The van der Waals surface area contributed by atoms with Gasteiger partial charge >= 0.3 is 0 Å². The molecule has 1 aromatic heterocycles. The van der Waals surface area contributed by atoms with Gasteiger partial charge in [-0.05, 0) is 55.0 Å². The number of aliphatic hydroxyl groups excluding tert-OH is 1. The van der Waals surface area contributed by atoms with Crippen molar-refractivity contribution in [3.05, 3.63) is 45.6 Å². The summed E-state index contributed by atoms with van der Waals surface area (Å²) in [6.45, 7) is 5.41. The number of fused-ring (bicyclic) bond motifs is 1. The predicted molar refractivity (Wildman–Crippen MR) is 107 cm³/mol. The molecular formula is C21H27NO4S. The molecule has 1 aliphatic heterocycles. The van der Waals surface area contributed by atoms with E-state index in [0.717, 1.165) is 19.4 Å². The number of thiophene rings is 1. The van der Waals surface area contributed by atoms with Crippen molar-refractivity contribution in [3.8, 4) is 11.5 Å². The number of methoxy groups -OCH3 is 1. The number of carbonyl (C=O) groups is 1. The standard InChI is InChI=1S/C21H27NO4S/c1-4-18-17-8-10-27-21(17)7-9-22(18)12-16(24)13-26-19-6-5-15(14(2)23)11-20(19)25-3/h5-6,8,10-11,16,18,24H,4,7,9,12-13H2,1-3H3/t16-,18+/m0/s1. The quantitative estimate of drug-likeness (QED) is 0.698. The highest BCUT2D eigenvalue weighted by molar-refractivity contribution is 7.10. The second kappa shape index (κ2) is 8.87. The van der Waals surface area contributed by atoms with Crippen LogP contribution in [0.25, 0.3) is 0 Å². The Morgan fingerprint density at radius 1 is 1.37 bits per heavy atom. The molecule has 0 spiro atoms. The first-order chi connectivity index (χ1) is 13.0. The predicted octanol–water partition coefficient (Wildman–Crippen LogP) is 3.71. The molecule has 0 radical (unpaired) electrons. The summed E-state index contributed by atoms with van der Waals surface area (Å²) in [6, 6.07) is 7.67. The van der Waals surface area contributed by atoms with Gasteiger partial charge in [-0.15, -0.1) is 11.3 Å². The van der Waals surface area contributed by atoms with Gasteiger partial charge in [0.15, 0.2) is 17.3 Å². The molecule has 1 aromatic carbocycles. The summed E-state index contributed by atoms with van der Waals surface area (Å²) < 4.78 is 11.1. The topological polar surface area (TPSA) is 59.0 Å². The maximum absolute atomic E-state index is 11.5. The third-order valence-electron chi connectivity index (χ3n) is 5.04. The molecule has 3 rings (SSSR count). The van der Waals surface area contributed by atoms with E-state index in [0.29, 0.717) is 29.6 Å². The Bertz CT molecular complexity index is 788. The highest BCUT2D eigenvalue weighted by atomic mass is 32.1. The van der Waals surface area contributed by atoms with E-state index in [1.54, 1.807) is 25.3 Å². The van der Waals surface area contributed by atoms with Crippen LogP contribution in [-0.2, 0) is 6.42 Å². The molecule has 0 amide bonds. The summed E-state index contributed by atoms with van der Waals surface area (Å²) in [5.41, 5.74) is 1.98. The zero-order valence-corrected chi connectivity index (χ0v) is 16.9. The second-order valence-electron chi connectivity index (χ2n) is 6.85. The summed E-state index contributed by atoms with van der Waals surface area (Å²) >= 11 is 1.83. The zero-order chi connectivity index (χ0) is 19.4. The van der Waals surface area contributed by atoms with E-state index in [4.69, 9.17) is 9.47 Å². The fraction of sp³-hybridized carbons (Fsp3) is 0.476. The molecule has 6 heteroatoms. The lowest BCUT2D eigenvalue weighted by molar-refractivity contribution is 0.0472. The number of β-amino-alcohol motifs (C(OH)–C–C–N with tert-alkyl or cyclic N) is 1. The molecular weight excluding hydrogens is 362 g/mol. The normalized spacial score (nSPS) is 18.0. The van der Waals surface area contributed by atoms with Crippen molar-refractivity contribution in [2.24, 2.45) is 0 Å². The fourth-order valence-corrected chi connectivity index (χ4v) is 4.59. The van der Waals surface area contributed by atoms with E-state index < -0.39 is 6.10 Å². The molecule has 0 bridgehead atoms. The van der Waals surface area contributed by atoms with Crippen molar-refractivity contribution in [1.29, 1.82) is 0 Å². The van der Waals surface area contributed by atoms with Crippen molar-refractivity contribution in [2.45, 2.75) is 38.8 Å². The Morgan fingerprint density at radius 3 is 2.89 bits per heavy atom. The molecule has 5 nitrogen and oxygen atoms in total. The van der Waals surface area contributed by atoms with Gasteiger partial charge in [-0.3, -0.25) is 9.69 Å². The molecule has 1 aliphatic rings. The van der Waals surface area contributed by atoms with Crippen LogP contribution in [0.3, 0.4) is 0 Å². The van der Waals surface area contributed by atoms with Gasteiger partial charge in [0.25, 0.3) is 0 Å². The minimum absolute atomic E-state index is 0.0246. The summed E-state index contributed by atoms with van der Waals surface area (Å²) in [4.78, 5) is 15.3. The van der Waals surface area contributed by atoms with Crippen LogP contribution in [0.15, 0.2) is 29.6 Å². The first-order valence-electron chi connectivity index (χ1n) is 9.33. The van der Waals surface area contributed by atoms with E-state index in [9.17, 15) is 9.90 Å². The van der Waals surface area contributed by atoms with Crippen molar-refractivity contribution >= 4 is 17.1 Å².